The van der Waals surface area contributed by atoms with Crippen molar-refractivity contribution in [1.29, 1.82) is 0 Å². The second-order valence-electron chi connectivity index (χ2n) is 6.88. The summed E-state index contributed by atoms with van der Waals surface area (Å²) in [5, 5.41) is 0. The van der Waals surface area contributed by atoms with Crippen molar-refractivity contribution in [3.8, 4) is 11.3 Å². The normalized spacial score (nSPS) is 14.2. The number of carbonyl (C=O) groups excluding carboxylic acids is 1. The maximum atomic E-state index is 13.3. The molecule has 5 heteroatoms. The van der Waals surface area contributed by atoms with Gasteiger partial charge in [-0.2, -0.15) is 0 Å². The molecule has 0 aliphatic carbocycles. The number of piperazine rings is 1. The first kappa shape index (κ1) is 18.2. The molecule has 0 radical (unpaired) electrons. The van der Waals surface area contributed by atoms with Crippen molar-refractivity contribution in [3.63, 3.8) is 0 Å². The van der Waals surface area contributed by atoms with Gasteiger partial charge < -0.3 is 9.80 Å². The first-order valence-corrected chi connectivity index (χ1v) is 9.77. The van der Waals surface area contributed by atoms with Crippen LogP contribution < -0.4 is 4.90 Å². The monoisotopic (exact) mass is 372 g/mol. The summed E-state index contributed by atoms with van der Waals surface area (Å²) < 4.78 is 0. The van der Waals surface area contributed by atoms with Gasteiger partial charge in [-0.05, 0) is 12.1 Å². The Kier molecular flexibility index (Phi) is 5.33. The fourth-order valence-corrected chi connectivity index (χ4v) is 3.54. The summed E-state index contributed by atoms with van der Waals surface area (Å²) in [6, 6.07) is 20.2. The number of para-hydroxylation sites is 1. The van der Waals surface area contributed by atoms with Gasteiger partial charge in [0.1, 0.15) is 5.82 Å². The fourth-order valence-electron chi connectivity index (χ4n) is 3.54. The third-order valence-electron chi connectivity index (χ3n) is 5.12. The van der Waals surface area contributed by atoms with E-state index in [9.17, 15) is 4.79 Å². The van der Waals surface area contributed by atoms with Crippen molar-refractivity contribution in [2.45, 2.75) is 13.3 Å². The molecule has 4 rings (SSSR count). The van der Waals surface area contributed by atoms with Crippen molar-refractivity contribution >= 4 is 11.6 Å². The van der Waals surface area contributed by atoms with Gasteiger partial charge >= 0.3 is 0 Å². The van der Waals surface area contributed by atoms with Gasteiger partial charge in [-0.25, -0.2) is 9.97 Å². The predicted molar refractivity (Wildman–Crippen MR) is 111 cm³/mol. The molecule has 1 aromatic heterocycles. The molecule has 2 heterocycles. The molecule has 0 N–H and O–H groups in total. The van der Waals surface area contributed by atoms with Crippen LogP contribution in [0.25, 0.3) is 11.3 Å². The molecule has 1 aliphatic heterocycles. The molecule has 5 nitrogen and oxygen atoms in total. The van der Waals surface area contributed by atoms with Crippen molar-refractivity contribution in [1.82, 2.24) is 14.9 Å². The molecule has 1 fully saturated rings. The third-order valence-corrected chi connectivity index (χ3v) is 5.12. The number of carbonyl (C=O) groups is 1. The largest absolute Gasteiger partial charge is 0.368 e. The smallest absolute Gasteiger partial charge is 0.257 e. The quantitative estimate of drug-likeness (QED) is 0.701. The third kappa shape index (κ3) is 3.74. The van der Waals surface area contributed by atoms with E-state index < -0.39 is 0 Å². The van der Waals surface area contributed by atoms with Crippen LogP contribution in [0.4, 0.5) is 5.69 Å². The van der Waals surface area contributed by atoms with Crippen LogP contribution in [0.3, 0.4) is 0 Å². The van der Waals surface area contributed by atoms with Gasteiger partial charge in [-0.15, -0.1) is 0 Å². The Morgan fingerprint density at radius 2 is 1.57 bits per heavy atom. The minimum absolute atomic E-state index is 0.00854. The molecule has 1 aliphatic rings. The number of aryl methyl sites for hydroxylation is 1. The highest BCUT2D eigenvalue weighted by molar-refractivity contribution is 5.99. The van der Waals surface area contributed by atoms with Crippen LogP contribution in [-0.2, 0) is 6.42 Å². The topological polar surface area (TPSA) is 49.3 Å². The molecule has 0 bridgehead atoms. The predicted octanol–water partition coefficient (Wildman–Crippen LogP) is 3.67. The van der Waals surface area contributed by atoms with Crippen LogP contribution >= 0.6 is 0 Å². The van der Waals surface area contributed by atoms with Gasteiger partial charge in [-0.1, -0.05) is 55.5 Å². The number of nitrogens with zero attached hydrogens (tertiary/aromatic N) is 4. The van der Waals surface area contributed by atoms with E-state index in [0.29, 0.717) is 18.7 Å². The zero-order valence-corrected chi connectivity index (χ0v) is 16.1. The van der Waals surface area contributed by atoms with Crippen molar-refractivity contribution < 1.29 is 4.79 Å². The molecule has 0 atom stereocenters. The molecule has 3 aromatic rings. The van der Waals surface area contributed by atoms with Crippen LogP contribution in [0.2, 0.25) is 0 Å². The summed E-state index contributed by atoms with van der Waals surface area (Å²) in [5.74, 6) is 0.763. The number of benzene rings is 2. The highest BCUT2D eigenvalue weighted by atomic mass is 16.2. The highest BCUT2D eigenvalue weighted by Gasteiger charge is 2.25. The Morgan fingerprint density at radius 1 is 0.929 bits per heavy atom. The van der Waals surface area contributed by atoms with Crippen molar-refractivity contribution in [3.05, 3.63) is 78.2 Å². The lowest BCUT2D eigenvalue weighted by Crippen LogP contribution is -2.49. The summed E-state index contributed by atoms with van der Waals surface area (Å²) in [4.78, 5) is 26.6. The summed E-state index contributed by atoms with van der Waals surface area (Å²) in [6.07, 6.45) is 2.43. The fraction of sp³-hybridized carbons (Fsp3) is 0.261. The molecule has 2 aromatic carbocycles. The van der Waals surface area contributed by atoms with Crippen LogP contribution in [0, 0.1) is 0 Å². The van der Waals surface area contributed by atoms with Crippen molar-refractivity contribution in [2.75, 3.05) is 31.1 Å². The molecule has 28 heavy (non-hydrogen) atoms. The van der Waals surface area contributed by atoms with E-state index in [2.05, 4.69) is 27.0 Å². The molecular weight excluding hydrogens is 348 g/mol. The maximum Gasteiger partial charge on any atom is 0.257 e. The number of anilines is 1. The van der Waals surface area contributed by atoms with E-state index in [1.54, 1.807) is 6.20 Å². The Labute approximate surface area is 165 Å². The SMILES string of the molecule is CCc1ncc(C(=O)N2CCN(c3ccccc3)CC2)c(-c2ccccc2)n1. The number of aromatic nitrogens is 2. The molecule has 1 saturated heterocycles. The second kappa shape index (κ2) is 8.21. The standard InChI is InChI=1S/C23H24N4O/c1-2-21-24-17-20(22(25-21)18-9-5-3-6-10-18)23(28)27-15-13-26(14-16-27)19-11-7-4-8-12-19/h3-12,17H,2,13-16H2,1H3. The second-order valence-corrected chi connectivity index (χ2v) is 6.88. The highest BCUT2D eigenvalue weighted by Crippen LogP contribution is 2.24. The summed E-state index contributed by atoms with van der Waals surface area (Å²) in [6.45, 7) is 5.05. The summed E-state index contributed by atoms with van der Waals surface area (Å²) in [7, 11) is 0. The molecule has 0 unspecified atom stereocenters. The molecule has 142 valence electrons. The lowest BCUT2D eigenvalue weighted by atomic mass is 10.1. The van der Waals surface area contributed by atoms with Crippen LogP contribution in [-0.4, -0.2) is 47.0 Å². The van der Waals surface area contributed by atoms with E-state index in [1.807, 2.05) is 60.4 Å². The van der Waals surface area contributed by atoms with E-state index in [-0.39, 0.29) is 5.91 Å². The maximum absolute atomic E-state index is 13.3. The number of hydrogen-bond acceptors (Lipinski definition) is 4. The molecule has 0 spiro atoms. The summed E-state index contributed by atoms with van der Waals surface area (Å²) in [5.41, 5.74) is 3.46. The van der Waals surface area contributed by atoms with Gasteiger partial charge in [0.25, 0.3) is 5.91 Å². The first-order valence-electron chi connectivity index (χ1n) is 9.77. The zero-order chi connectivity index (χ0) is 19.3. The number of hydrogen-bond donors (Lipinski definition) is 0. The van der Waals surface area contributed by atoms with Gasteiger partial charge in [0, 0.05) is 50.0 Å². The minimum Gasteiger partial charge on any atom is -0.368 e. The average molecular weight is 372 g/mol. The Morgan fingerprint density at radius 3 is 2.21 bits per heavy atom. The minimum atomic E-state index is 0.00854. The lowest BCUT2D eigenvalue weighted by molar-refractivity contribution is 0.0746. The van der Waals surface area contributed by atoms with Crippen LogP contribution in [0.5, 0.6) is 0 Å². The Balaban J connectivity index is 1.56. The zero-order valence-electron chi connectivity index (χ0n) is 16.1. The summed E-state index contributed by atoms with van der Waals surface area (Å²) >= 11 is 0. The Bertz CT molecular complexity index is 935. The van der Waals surface area contributed by atoms with Gasteiger partial charge in [0.15, 0.2) is 0 Å². The Hall–Kier alpha value is -3.21. The van der Waals surface area contributed by atoms with E-state index >= 15 is 0 Å². The van der Waals surface area contributed by atoms with Crippen molar-refractivity contribution in [2.24, 2.45) is 0 Å². The van der Waals surface area contributed by atoms with E-state index in [0.717, 1.165) is 36.6 Å². The first-order chi connectivity index (χ1) is 13.8. The van der Waals surface area contributed by atoms with Gasteiger partial charge in [-0.3, -0.25) is 4.79 Å². The van der Waals surface area contributed by atoms with Crippen LogP contribution in [0.1, 0.15) is 23.1 Å². The molecule has 1 amide bonds. The number of rotatable bonds is 4. The van der Waals surface area contributed by atoms with Crippen LogP contribution in [0.15, 0.2) is 66.9 Å². The average Bonchev–Trinajstić information content (AvgIpc) is 2.79. The molecule has 0 saturated carbocycles. The van der Waals surface area contributed by atoms with Gasteiger partial charge in [0.05, 0.1) is 11.3 Å². The lowest BCUT2D eigenvalue weighted by Gasteiger charge is -2.36. The van der Waals surface area contributed by atoms with E-state index in [1.165, 1.54) is 5.69 Å². The van der Waals surface area contributed by atoms with Gasteiger partial charge in [0.2, 0.25) is 0 Å². The number of amides is 1. The van der Waals surface area contributed by atoms with E-state index in [4.69, 9.17) is 0 Å². The molecular formula is C23H24N4O.